The summed E-state index contributed by atoms with van der Waals surface area (Å²) in [5, 5.41) is 19.7. The molecule has 0 aliphatic rings. The van der Waals surface area contributed by atoms with Crippen molar-refractivity contribution in [3.05, 3.63) is 54.1 Å². The number of aliphatic hydroxyl groups is 1. The first-order chi connectivity index (χ1) is 12.9. The zero-order chi connectivity index (χ0) is 19.4. The average Bonchev–Trinajstić information content (AvgIpc) is 3.04. The molecule has 1 N–H and O–H groups in total. The molecule has 0 aliphatic heterocycles. The molecule has 0 spiro atoms. The zero-order valence-electron chi connectivity index (χ0n) is 16.1. The maximum absolute atomic E-state index is 10.1. The Hall–Kier alpha value is -2.31. The molecule has 3 rings (SSSR count). The second kappa shape index (κ2) is 8.15. The van der Waals surface area contributed by atoms with Crippen molar-refractivity contribution in [1.82, 2.24) is 14.8 Å². The molecule has 1 heterocycles. The Balaban J connectivity index is 2.05. The van der Waals surface area contributed by atoms with Gasteiger partial charge < -0.3 is 9.84 Å². The molecule has 0 unspecified atom stereocenters. The second-order valence-corrected chi connectivity index (χ2v) is 7.98. The predicted octanol–water partition coefficient (Wildman–Crippen LogP) is 4.50. The summed E-state index contributed by atoms with van der Waals surface area (Å²) in [6.07, 6.45) is 0. The lowest BCUT2D eigenvalue weighted by Gasteiger charge is -2.17. The van der Waals surface area contributed by atoms with Gasteiger partial charge in [-0.15, -0.1) is 10.2 Å². The number of thioether (sulfide) groups is 1. The molecule has 6 heteroatoms. The van der Waals surface area contributed by atoms with E-state index in [1.165, 1.54) is 17.3 Å². The number of nitrogens with zero attached hydrogens (tertiary/aromatic N) is 3. The molecular formula is C21H25N3O2S. The first-order valence-corrected chi connectivity index (χ1v) is 9.97. The van der Waals surface area contributed by atoms with Gasteiger partial charge in [0.15, 0.2) is 11.0 Å². The average molecular weight is 384 g/mol. The van der Waals surface area contributed by atoms with E-state index in [0.717, 1.165) is 28.0 Å². The van der Waals surface area contributed by atoms with Crippen molar-refractivity contribution in [2.24, 2.45) is 0 Å². The number of aromatic nitrogens is 3. The van der Waals surface area contributed by atoms with Crippen molar-refractivity contribution >= 4 is 11.8 Å². The highest BCUT2D eigenvalue weighted by Crippen LogP contribution is 2.30. The van der Waals surface area contributed by atoms with Crippen LogP contribution in [0.2, 0.25) is 0 Å². The van der Waals surface area contributed by atoms with Gasteiger partial charge in [0.05, 0.1) is 12.2 Å². The summed E-state index contributed by atoms with van der Waals surface area (Å²) >= 11 is 1.49. The molecular weight excluding hydrogens is 358 g/mol. The van der Waals surface area contributed by atoms with Crippen LogP contribution in [0.25, 0.3) is 17.1 Å². The third-order valence-corrected chi connectivity index (χ3v) is 5.24. The molecule has 0 radical (unpaired) electrons. The van der Waals surface area contributed by atoms with Gasteiger partial charge in [-0.25, -0.2) is 0 Å². The summed E-state index contributed by atoms with van der Waals surface area (Å²) < 4.78 is 7.58. The Labute approximate surface area is 164 Å². The van der Waals surface area contributed by atoms with E-state index in [1.807, 2.05) is 47.9 Å². The number of hydrogen-bond acceptors (Lipinski definition) is 5. The fraction of sp³-hybridized carbons (Fsp3) is 0.333. The first kappa shape index (κ1) is 19.5. The van der Waals surface area contributed by atoms with E-state index < -0.39 is 5.60 Å². The van der Waals surface area contributed by atoms with Gasteiger partial charge >= 0.3 is 0 Å². The molecule has 0 aliphatic carbocycles. The van der Waals surface area contributed by atoms with Gasteiger partial charge in [0.1, 0.15) is 5.75 Å². The molecule has 0 bridgehead atoms. The predicted molar refractivity (Wildman–Crippen MR) is 110 cm³/mol. The standard InChI is InChI=1S/C21H25N3O2S/c1-5-26-18-11-9-17(10-12-18)24-19(16-8-6-7-15(2)13-16)22-23-20(24)27-14-21(3,4)25/h6-13,25H,5,14H2,1-4H3. The van der Waals surface area contributed by atoms with Gasteiger partial charge in [-0.2, -0.15) is 0 Å². The van der Waals surface area contributed by atoms with Crippen molar-refractivity contribution in [1.29, 1.82) is 0 Å². The zero-order valence-corrected chi connectivity index (χ0v) is 17.0. The second-order valence-electron chi connectivity index (χ2n) is 7.04. The van der Waals surface area contributed by atoms with E-state index in [-0.39, 0.29) is 0 Å². The van der Waals surface area contributed by atoms with Crippen molar-refractivity contribution in [3.8, 4) is 22.8 Å². The minimum atomic E-state index is -0.788. The van der Waals surface area contributed by atoms with Crippen molar-refractivity contribution in [2.45, 2.75) is 38.5 Å². The molecule has 142 valence electrons. The van der Waals surface area contributed by atoms with Crippen LogP contribution in [0.4, 0.5) is 0 Å². The Bertz CT molecular complexity index is 899. The normalized spacial score (nSPS) is 11.6. The summed E-state index contributed by atoms with van der Waals surface area (Å²) in [5.41, 5.74) is 2.34. The number of hydrogen-bond donors (Lipinski definition) is 1. The fourth-order valence-electron chi connectivity index (χ4n) is 2.67. The van der Waals surface area contributed by atoms with Crippen LogP contribution in [0, 0.1) is 6.92 Å². The number of rotatable bonds is 7. The summed E-state index contributed by atoms with van der Waals surface area (Å²) in [7, 11) is 0. The molecule has 2 aromatic carbocycles. The van der Waals surface area contributed by atoms with Crippen LogP contribution in [0.5, 0.6) is 5.75 Å². The van der Waals surface area contributed by atoms with E-state index in [1.54, 1.807) is 13.8 Å². The molecule has 1 aromatic heterocycles. The largest absolute Gasteiger partial charge is 0.494 e. The third-order valence-electron chi connectivity index (χ3n) is 3.87. The van der Waals surface area contributed by atoms with Crippen LogP contribution in [0.3, 0.4) is 0 Å². The van der Waals surface area contributed by atoms with E-state index >= 15 is 0 Å². The third kappa shape index (κ3) is 4.90. The van der Waals surface area contributed by atoms with Crippen LogP contribution in [0.1, 0.15) is 26.3 Å². The smallest absolute Gasteiger partial charge is 0.196 e. The first-order valence-electron chi connectivity index (χ1n) is 8.98. The van der Waals surface area contributed by atoms with Crippen molar-refractivity contribution in [3.63, 3.8) is 0 Å². The quantitative estimate of drug-likeness (QED) is 0.609. The molecule has 0 saturated carbocycles. The minimum absolute atomic E-state index is 0.524. The molecule has 0 atom stereocenters. The summed E-state index contributed by atoms with van der Waals surface area (Å²) in [6, 6.07) is 16.1. The van der Waals surface area contributed by atoms with Crippen LogP contribution in [-0.4, -0.2) is 37.8 Å². The van der Waals surface area contributed by atoms with Crippen LogP contribution < -0.4 is 4.74 Å². The SMILES string of the molecule is CCOc1ccc(-n2c(SCC(C)(C)O)nnc2-c2cccc(C)c2)cc1. The monoisotopic (exact) mass is 383 g/mol. The molecule has 0 saturated heterocycles. The number of benzene rings is 2. The van der Waals surface area contributed by atoms with E-state index in [9.17, 15) is 5.11 Å². The molecule has 0 amide bonds. The van der Waals surface area contributed by atoms with Crippen molar-refractivity contribution < 1.29 is 9.84 Å². The van der Waals surface area contributed by atoms with E-state index in [2.05, 4.69) is 29.3 Å². The van der Waals surface area contributed by atoms with Gasteiger partial charge in [0.2, 0.25) is 0 Å². The molecule has 3 aromatic rings. The lowest BCUT2D eigenvalue weighted by molar-refractivity contribution is 0.107. The van der Waals surface area contributed by atoms with Gasteiger partial charge in [0, 0.05) is 17.0 Å². The molecule has 0 fully saturated rings. The highest BCUT2D eigenvalue weighted by molar-refractivity contribution is 7.99. The highest BCUT2D eigenvalue weighted by Gasteiger charge is 2.20. The summed E-state index contributed by atoms with van der Waals surface area (Å²) in [5.74, 6) is 2.13. The van der Waals surface area contributed by atoms with Gasteiger partial charge in [-0.1, -0.05) is 35.5 Å². The Morgan fingerprint density at radius 2 is 1.85 bits per heavy atom. The van der Waals surface area contributed by atoms with Crippen LogP contribution >= 0.6 is 11.8 Å². The Morgan fingerprint density at radius 3 is 2.48 bits per heavy atom. The van der Waals surface area contributed by atoms with Crippen molar-refractivity contribution in [2.75, 3.05) is 12.4 Å². The fourth-order valence-corrected chi connectivity index (χ4v) is 3.57. The summed E-state index contributed by atoms with van der Waals surface area (Å²) in [4.78, 5) is 0. The molecule has 27 heavy (non-hydrogen) atoms. The maximum atomic E-state index is 10.1. The van der Waals surface area contributed by atoms with Crippen LogP contribution in [-0.2, 0) is 0 Å². The topological polar surface area (TPSA) is 60.2 Å². The Kier molecular flexibility index (Phi) is 5.87. The maximum Gasteiger partial charge on any atom is 0.196 e. The van der Waals surface area contributed by atoms with E-state index in [0.29, 0.717) is 12.4 Å². The van der Waals surface area contributed by atoms with Crippen LogP contribution in [0.15, 0.2) is 53.7 Å². The highest BCUT2D eigenvalue weighted by atomic mass is 32.2. The van der Waals surface area contributed by atoms with Gasteiger partial charge in [-0.3, -0.25) is 4.57 Å². The number of aryl methyl sites for hydroxylation is 1. The van der Waals surface area contributed by atoms with E-state index in [4.69, 9.17) is 4.74 Å². The summed E-state index contributed by atoms with van der Waals surface area (Å²) in [6.45, 7) is 8.24. The van der Waals surface area contributed by atoms with Gasteiger partial charge in [-0.05, 0) is 58.0 Å². The minimum Gasteiger partial charge on any atom is -0.494 e. The Morgan fingerprint density at radius 1 is 1.11 bits per heavy atom. The molecule has 5 nitrogen and oxygen atoms in total. The lowest BCUT2D eigenvalue weighted by Crippen LogP contribution is -2.22. The lowest BCUT2D eigenvalue weighted by atomic mass is 10.1. The van der Waals surface area contributed by atoms with Gasteiger partial charge in [0.25, 0.3) is 0 Å². The number of ether oxygens (including phenoxy) is 1.